The van der Waals surface area contributed by atoms with Crippen LogP contribution in [-0.4, -0.2) is 33.2 Å². The molecule has 3 aromatic rings. The molecule has 3 aromatic heterocycles. The van der Waals surface area contributed by atoms with Crippen LogP contribution < -0.4 is 5.32 Å². The van der Waals surface area contributed by atoms with Gasteiger partial charge in [-0.1, -0.05) is 13.3 Å². The molecule has 0 atom stereocenters. The zero-order valence-corrected chi connectivity index (χ0v) is 14.0. The van der Waals surface area contributed by atoms with Crippen molar-refractivity contribution in [1.82, 2.24) is 19.5 Å². The SMILES string of the molecule is CCCCn1c(COCC)nc2c(NC)nc3cccnc3c21. The molecule has 0 aliphatic heterocycles. The summed E-state index contributed by atoms with van der Waals surface area (Å²) < 4.78 is 7.85. The van der Waals surface area contributed by atoms with Gasteiger partial charge >= 0.3 is 0 Å². The van der Waals surface area contributed by atoms with Gasteiger partial charge in [0.15, 0.2) is 5.82 Å². The molecular weight excluding hydrogens is 290 g/mol. The van der Waals surface area contributed by atoms with Crippen LogP contribution in [0.2, 0.25) is 0 Å². The molecule has 0 amide bonds. The summed E-state index contributed by atoms with van der Waals surface area (Å²) in [4.78, 5) is 14.0. The quantitative estimate of drug-likeness (QED) is 0.724. The van der Waals surface area contributed by atoms with Gasteiger partial charge in [-0.25, -0.2) is 9.97 Å². The van der Waals surface area contributed by atoms with Crippen LogP contribution in [0.5, 0.6) is 0 Å². The van der Waals surface area contributed by atoms with Gasteiger partial charge in [-0.2, -0.15) is 0 Å². The number of imidazole rings is 1. The van der Waals surface area contributed by atoms with Gasteiger partial charge in [0.1, 0.15) is 29.0 Å². The molecule has 122 valence electrons. The Labute approximate surface area is 135 Å². The first-order chi connectivity index (χ1) is 11.3. The normalized spacial score (nSPS) is 11.4. The lowest BCUT2D eigenvalue weighted by molar-refractivity contribution is 0.126. The topological polar surface area (TPSA) is 64.9 Å². The Morgan fingerprint density at radius 1 is 1.22 bits per heavy atom. The molecule has 0 fully saturated rings. The van der Waals surface area contributed by atoms with Crippen molar-refractivity contribution in [1.29, 1.82) is 0 Å². The molecule has 0 aliphatic carbocycles. The highest BCUT2D eigenvalue weighted by Gasteiger charge is 2.18. The Morgan fingerprint density at radius 2 is 2.09 bits per heavy atom. The van der Waals surface area contributed by atoms with Crippen LogP contribution in [0.1, 0.15) is 32.5 Å². The summed E-state index contributed by atoms with van der Waals surface area (Å²) in [5, 5.41) is 3.16. The third-order valence-corrected chi connectivity index (χ3v) is 3.92. The van der Waals surface area contributed by atoms with E-state index in [4.69, 9.17) is 9.72 Å². The molecule has 0 bridgehead atoms. The molecule has 6 heteroatoms. The summed E-state index contributed by atoms with van der Waals surface area (Å²) in [6, 6.07) is 3.90. The van der Waals surface area contributed by atoms with Gasteiger partial charge in [-0.05, 0) is 25.5 Å². The first-order valence-electron chi connectivity index (χ1n) is 8.19. The van der Waals surface area contributed by atoms with Crippen LogP contribution in [0, 0.1) is 0 Å². The zero-order chi connectivity index (χ0) is 16.2. The van der Waals surface area contributed by atoms with E-state index in [2.05, 4.69) is 26.8 Å². The fraction of sp³-hybridized carbons (Fsp3) is 0.471. The van der Waals surface area contributed by atoms with E-state index in [0.717, 1.165) is 53.1 Å². The standard InChI is InChI=1S/C17H23N5O/c1-4-6-10-22-13(11-23-5-2)21-15-16(22)14-12(8-7-9-19-14)20-17(15)18-3/h7-9H,4-6,10-11H2,1-3H3,(H,18,20). The molecule has 3 rings (SSSR count). The number of anilines is 1. The van der Waals surface area contributed by atoms with Gasteiger partial charge in [0.2, 0.25) is 0 Å². The summed E-state index contributed by atoms with van der Waals surface area (Å²) in [6.07, 6.45) is 4.03. The van der Waals surface area contributed by atoms with Crippen molar-refractivity contribution in [2.24, 2.45) is 0 Å². The highest BCUT2D eigenvalue weighted by Crippen LogP contribution is 2.29. The number of hydrogen-bond donors (Lipinski definition) is 1. The second kappa shape index (κ2) is 6.91. The number of nitrogens with zero attached hydrogens (tertiary/aromatic N) is 4. The highest BCUT2D eigenvalue weighted by molar-refractivity contribution is 6.04. The number of pyridine rings is 2. The minimum Gasteiger partial charge on any atom is -0.374 e. The number of nitrogens with one attached hydrogen (secondary N) is 1. The summed E-state index contributed by atoms with van der Waals surface area (Å²) in [5.41, 5.74) is 3.69. The summed E-state index contributed by atoms with van der Waals surface area (Å²) in [5.74, 6) is 1.72. The molecule has 0 unspecified atom stereocenters. The van der Waals surface area contributed by atoms with Crippen LogP contribution in [0.4, 0.5) is 5.82 Å². The third kappa shape index (κ3) is 2.86. The van der Waals surface area contributed by atoms with Gasteiger partial charge in [0.05, 0.1) is 5.52 Å². The Hall–Kier alpha value is -2.21. The van der Waals surface area contributed by atoms with Crippen LogP contribution in [0.25, 0.3) is 22.1 Å². The minimum atomic E-state index is 0.506. The molecule has 6 nitrogen and oxygen atoms in total. The first-order valence-corrected chi connectivity index (χ1v) is 8.19. The number of rotatable bonds is 7. The van der Waals surface area contributed by atoms with Crippen molar-refractivity contribution in [3.8, 4) is 0 Å². The number of aryl methyl sites for hydroxylation is 1. The highest BCUT2D eigenvalue weighted by atomic mass is 16.5. The molecule has 0 spiro atoms. The molecule has 1 N–H and O–H groups in total. The number of fused-ring (bicyclic) bond motifs is 3. The maximum absolute atomic E-state index is 5.61. The largest absolute Gasteiger partial charge is 0.374 e. The minimum absolute atomic E-state index is 0.506. The van der Waals surface area contributed by atoms with Crippen molar-refractivity contribution in [3.63, 3.8) is 0 Å². The van der Waals surface area contributed by atoms with E-state index in [-0.39, 0.29) is 0 Å². The maximum atomic E-state index is 5.61. The number of ether oxygens (including phenoxy) is 1. The summed E-state index contributed by atoms with van der Waals surface area (Å²) >= 11 is 0. The fourth-order valence-corrected chi connectivity index (χ4v) is 2.78. The summed E-state index contributed by atoms with van der Waals surface area (Å²) in [7, 11) is 1.87. The van der Waals surface area contributed by atoms with Crippen molar-refractivity contribution < 1.29 is 4.74 Å². The van der Waals surface area contributed by atoms with E-state index in [1.54, 1.807) is 0 Å². The predicted octanol–water partition coefficient (Wildman–Crippen LogP) is 3.36. The Morgan fingerprint density at radius 3 is 2.83 bits per heavy atom. The molecule has 23 heavy (non-hydrogen) atoms. The predicted molar refractivity (Wildman–Crippen MR) is 92.6 cm³/mol. The van der Waals surface area contributed by atoms with Crippen LogP contribution in [0.15, 0.2) is 18.3 Å². The number of hydrogen-bond acceptors (Lipinski definition) is 5. The third-order valence-electron chi connectivity index (χ3n) is 3.92. The Kier molecular flexibility index (Phi) is 4.71. The van der Waals surface area contributed by atoms with Crippen LogP contribution >= 0.6 is 0 Å². The molecule has 0 saturated heterocycles. The van der Waals surface area contributed by atoms with E-state index >= 15 is 0 Å². The lowest BCUT2D eigenvalue weighted by atomic mass is 10.2. The number of aromatic nitrogens is 4. The lowest BCUT2D eigenvalue weighted by Gasteiger charge is -2.10. The van der Waals surface area contributed by atoms with Gasteiger partial charge in [0.25, 0.3) is 0 Å². The van der Waals surface area contributed by atoms with E-state index in [0.29, 0.717) is 13.2 Å². The molecule has 0 saturated carbocycles. The molecule has 0 aromatic carbocycles. The van der Waals surface area contributed by atoms with Crippen molar-refractivity contribution >= 4 is 27.9 Å². The maximum Gasteiger partial charge on any atom is 0.154 e. The lowest BCUT2D eigenvalue weighted by Crippen LogP contribution is -2.06. The second-order valence-corrected chi connectivity index (χ2v) is 5.45. The number of unbranched alkanes of at least 4 members (excludes halogenated alkanes) is 1. The first kappa shape index (κ1) is 15.7. The van der Waals surface area contributed by atoms with E-state index in [1.807, 2.05) is 32.3 Å². The molecular formula is C17H23N5O. The average Bonchev–Trinajstić information content (AvgIpc) is 2.96. The van der Waals surface area contributed by atoms with E-state index in [9.17, 15) is 0 Å². The molecule has 0 aliphatic rings. The summed E-state index contributed by atoms with van der Waals surface area (Å²) in [6.45, 7) is 6.28. The van der Waals surface area contributed by atoms with Crippen molar-refractivity contribution in [2.75, 3.05) is 19.0 Å². The van der Waals surface area contributed by atoms with E-state index < -0.39 is 0 Å². The van der Waals surface area contributed by atoms with Crippen molar-refractivity contribution in [2.45, 2.75) is 39.8 Å². The van der Waals surface area contributed by atoms with Crippen LogP contribution in [-0.2, 0) is 17.9 Å². The zero-order valence-electron chi connectivity index (χ0n) is 14.0. The monoisotopic (exact) mass is 313 g/mol. The van der Waals surface area contributed by atoms with Crippen molar-refractivity contribution in [3.05, 3.63) is 24.2 Å². The van der Waals surface area contributed by atoms with Gasteiger partial charge in [0, 0.05) is 26.4 Å². The Balaban J connectivity index is 2.29. The molecule has 3 heterocycles. The van der Waals surface area contributed by atoms with E-state index in [1.165, 1.54) is 0 Å². The second-order valence-electron chi connectivity index (χ2n) is 5.45. The van der Waals surface area contributed by atoms with Crippen LogP contribution in [0.3, 0.4) is 0 Å². The fourth-order valence-electron chi connectivity index (χ4n) is 2.78. The Bertz CT molecular complexity index is 811. The molecule has 0 radical (unpaired) electrons. The van der Waals surface area contributed by atoms with Gasteiger partial charge in [-0.3, -0.25) is 4.98 Å². The average molecular weight is 313 g/mol. The van der Waals surface area contributed by atoms with Gasteiger partial charge < -0.3 is 14.6 Å². The van der Waals surface area contributed by atoms with Gasteiger partial charge in [-0.15, -0.1) is 0 Å². The smallest absolute Gasteiger partial charge is 0.154 e.